The quantitative estimate of drug-likeness (QED) is 0.536. The van der Waals surface area contributed by atoms with Gasteiger partial charge in [-0.15, -0.1) is 0 Å². The molecule has 0 aliphatic heterocycles. The first-order valence-corrected chi connectivity index (χ1v) is 9.08. The summed E-state index contributed by atoms with van der Waals surface area (Å²) in [6.45, 7) is 2.24. The van der Waals surface area contributed by atoms with Crippen molar-refractivity contribution in [3.05, 3.63) is 52.2 Å². The third-order valence-electron chi connectivity index (χ3n) is 3.65. The van der Waals surface area contributed by atoms with Gasteiger partial charge in [0.25, 0.3) is 0 Å². The zero-order valence-electron chi connectivity index (χ0n) is 13.3. The van der Waals surface area contributed by atoms with Crippen molar-refractivity contribution in [1.82, 2.24) is 0 Å². The first kappa shape index (κ1) is 16.4. The Bertz CT molecular complexity index is 1020. The van der Waals surface area contributed by atoms with Gasteiger partial charge < -0.3 is 9.15 Å². The maximum Gasteiger partial charge on any atom is 0.338 e. The lowest BCUT2D eigenvalue weighted by Gasteiger charge is -2.06. The van der Waals surface area contributed by atoms with E-state index in [0.29, 0.717) is 39.0 Å². The van der Waals surface area contributed by atoms with Crippen LogP contribution in [0.2, 0.25) is 0 Å². The van der Waals surface area contributed by atoms with Crippen molar-refractivity contribution in [3.8, 4) is 0 Å². The van der Waals surface area contributed by atoms with Crippen LogP contribution in [-0.4, -0.2) is 23.0 Å². The van der Waals surface area contributed by atoms with Crippen molar-refractivity contribution in [2.45, 2.75) is 18.2 Å². The van der Waals surface area contributed by atoms with Crippen molar-refractivity contribution >= 4 is 38.7 Å². The normalized spacial score (nSPS) is 12.4. The largest absolute Gasteiger partial charge is 0.462 e. The van der Waals surface area contributed by atoms with Gasteiger partial charge in [0, 0.05) is 22.0 Å². The van der Waals surface area contributed by atoms with E-state index in [0.717, 1.165) is 6.42 Å². The Morgan fingerprint density at radius 1 is 1.12 bits per heavy atom. The minimum atomic E-state index is -1.16. The van der Waals surface area contributed by atoms with Crippen LogP contribution >= 0.6 is 0 Å². The summed E-state index contributed by atoms with van der Waals surface area (Å²) in [5.41, 5.74) is 0.832. The summed E-state index contributed by atoms with van der Waals surface area (Å²) >= 11 is 0. The third kappa shape index (κ3) is 2.97. The van der Waals surface area contributed by atoms with Gasteiger partial charge >= 0.3 is 5.97 Å². The van der Waals surface area contributed by atoms with Gasteiger partial charge in [-0.3, -0.25) is 9.00 Å². The molecule has 24 heavy (non-hydrogen) atoms. The van der Waals surface area contributed by atoms with Gasteiger partial charge in [-0.25, -0.2) is 4.79 Å². The highest BCUT2D eigenvalue weighted by molar-refractivity contribution is 7.84. The number of rotatable bonds is 4. The molecule has 1 unspecified atom stereocenters. The summed E-state index contributed by atoms with van der Waals surface area (Å²) in [7, 11) is -1.16. The molecule has 0 radical (unpaired) electrons. The zero-order valence-corrected chi connectivity index (χ0v) is 14.1. The molecule has 0 saturated carbocycles. The molecular weight excluding hydrogens is 328 g/mol. The van der Waals surface area contributed by atoms with E-state index in [9.17, 15) is 13.8 Å². The molecular formula is C18H16O5S. The van der Waals surface area contributed by atoms with Gasteiger partial charge in [0.15, 0.2) is 0 Å². The molecule has 0 spiro atoms. The standard InChI is InChI=1S/C18H16O5S/c1-3-8-22-18(20)11-4-7-15-14(9-11)17(19)13-6-5-12(24(2)21)10-16(13)23-15/h4-7,9-10H,3,8H2,1-2H3. The molecule has 124 valence electrons. The van der Waals surface area contributed by atoms with E-state index >= 15 is 0 Å². The molecule has 0 aliphatic carbocycles. The average Bonchev–Trinajstić information content (AvgIpc) is 2.59. The van der Waals surface area contributed by atoms with Crippen LogP contribution in [0.4, 0.5) is 0 Å². The summed E-state index contributed by atoms with van der Waals surface area (Å²) in [5.74, 6) is -0.463. The maximum atomic E-state index is 12.7. The number of benzene rings is 2. The van der Waals surface area contributed by atoms with Gasteiger partial charge in [-0.1, -0.05) is 6.92 Å². The van der Waals surface area contributed by atoms with Gasteiger partial charge in [-0.2, -0.15) is 0 Å². The number of hydrogen-bond donors (Lipinski definition) is 0. The summed E-state index contributed by atoms with van der Waals surface area (Å²) in [4.78, 5) is 25.2. The predicted octanol–water partition coefficient (Wildman–Crippen LogP) is 3.25. The van der Waals surface area contributed by atoms with E-state index in [4.69, 9.17) is 9.15 Å². The summed E-state index contributed by atoms with van der Waals surface area (Å²) in [6, 6.07) is 9.48. The lowest BCUT2D eigenvalue weighted by molar-refractivity contribution is 0.0505. The summed E-state index contributed by atoms with van der Waals surface area (Å²) in [6.07, 6.45) is 2.29. The Kier molecular flexibility index (Phi) is 4.49. The third-order valence-corrected chi connectivity index (χ3v) is 4.56. The molecule has 1 atom stereocenters. The molecule has 0 amide bonds. The second kappa shape index (κ2) is 6.57. The number of ether oxygens (including phenoxy) is 1. The second-order valence-corrected chi connectivity index (χ2v) is 6.77. The Morgan fingerprint density at radius 2 is 1.92 bits per heavy atom. The number of esters is 1. The van der Waals surface area contributed by atoms with Crippen molar-refractivity contribution in [2.75, 3.05) is 12.9 Å². The van der Waals surface area contributed by atoms with E-state index < -0.39 is 16.8 Å². The summed E-state index contributed by atoms with van der Waals surface area (Å²) in [5, 5.41) is 0.703. The lowest BCUT2D eigenvalue weighted by atomic mass is 10.1. The highest BCUT2D eigenvalue weighted by atomic mass is 32.2. The highest BCUT2D eigenvalue weighted by Crippen LogP contribution is 2.22. The molecule has 0 aliphatic rings. The van der Waals surface area contributed by atoms with Crippen LogP contribution in [0.1, 0.15) is 23.7 Å². The van der Waals surface area contributed by atoms with E-state index in [1.165, 1.54) is 6.07 Å². The Morgan fingerprint density at radius 3 is 2.62 bits per heavy atom. The summed E-state index contributed by atoms with van der Waals surface area (Å²) < 4.78 is 22.4. The van der Waals surface area contributed by atoms with Crippen LogP contribution in [0.5, 0.6) is 0 Å². The lowest BCUT2D eigenvalue weighted by Crippen LogP contribution is -2.08. The van der Waals surface area contributed by atoms with Crippen molar-refractivity contribution in [1.29, 1.82) is 0 Å². The fourth-order valence-electron chi connectivity index (χ4n) is 2.42. The maximum absolute atomic E-state index is 12.7. The first-order valence-electron chi connectivity index (χ1n) is 7.52. The molecule has 0 N–H and O–H groups in total. The van der Waals surface area contributed by atoms with Crippen LogP contribution in [0.3, 0.4) is 0 Å². The molecule has 0 bridgehead atoms. The SMILES string of the molecule is CCCOC(=O)c1ccc2oc3cc(S(C)=O)ccc3c(=O)c2c1. The minimum Gasteiger partial charge on any atom is -0.462 e. The molecule has 6 heteroatoms. The molecule has 5 nitrogen and oxygen atoms in total. The molecule has 0 saturated heterocycles. The molecule has 2 aromatic carbocycles. The number of hydrogen-bond acceptors (Lipinski definition) is 5. The molecule has 1 aromatic heterocycles. The van der Waals surface area contributed by atoms with Gasteiger partial charge in [0.05, 0.1) is 22.9 Å². The Labute approximate surface area is 140 Å². The topological polar surface area (TPSA) is 73.6 Å². The van der Waals surface area contributed by atoms with Crippen molar-refractivity contribution in [3.63, 3.8) is 0 Å². The molecule has 1 heterocycles. The zero-order chi connectivity index (χ0) is 17.3. The van der Waals surface area contributed by atoms with Crippen molar-refractivity contribution < 1.29 is 18.2 Å². The van der Waals surface area contributed by atoms with Crippen LogP contribution in [-0.2, 0) is 15.5 Å². The van der Waals surface area contributed by atoms with Crippen LogP contribution in [0, 0.1) is 0 Å². The average molecular weight is 344 g/mol. The fourth-order valence-corrected chi connectivity index (χ4v) is 2.95. The first-order chi connectivity index (χ1) is 11.5. The van der Waals surface area contributed by atoms with Crippen molar-refractivity contribution in [2.24, 2.45) is 0 Å². The predicted molar refractivity (Wildman–Crippen MR) is 92.9 cm³/mol. The fraction of sp³-hybridized carbons (Fsp3) is 0.222. The van der Waals surface area contributed by atoms with Gasteiger partial charge in [-0.05, 0) is 42.8 Å². The van der Waals surface area contributed by atoms with E-state index in [1.807, 2.05) is 6.92 Å². The number of fused-ring (bicyclic) bond motifs is 2. The molecule has 3 aromatic rings. The van der Waals surface area contributed by atoms with E-state index in [2.05, 4.69) is 0 Å². The van der Waals surface area contributed by atoms with Gasteiger partial charge in [0.2, 0.25) is 5.43 Å². The monoisotopic (exact) mass is 344 g/mol. The second-order valence-electron chi connectivity index (χ2n) is 5.39. The van der Waals surface area contributed by atoms with Gasteiger partial charge in [0.1, 0.15) is 11.2 Å². The highest BCUT2D eigenvalue weighted by Gasteiger charge is 2.13. The molecule has 0 fully saturated rings. The van der Waals surface area contributed by atoms with Crippen LogP contribution < -0.4 is 5.43 Å². The van der Waals surface area contributed by atoms with E-state index in [-0.39, 0.29) is 5.43 Å². The van der Waals surface area contributed by atoms with Crippen LogP contribution in [0.15, 0.2) is 50.5 Å². The molecule has 3 rings (SSSR count). The minimum absolute atomic E-state index is 0.232. The Balaban J connectivity index is 2.17. The Hall–Kier alpha value is -2.47. The number of carbonyl (C=O) groups excluding carboxylic acids is 1. The number of carbonyl (C=O) groups is 1. The van der Waals surface area contributed by atoms with E-state index in [1.54, 1.807) is 36.6 Å². The smallest absolute Gasteiger partial charge is 0.338 e. The van der Waals surface area contributed by atoms with Crippen LogP contribution in [0.25, 0.3) is 21.9 Å².